The minimum Gasteiger partial charge on any atom is -0.508 e. The summed E-state index contributed by atoms with van der Waals surface area (Å²) in [5.74, 6) is 0.641. The molecule has 2 rings (SSSR count). The molecule has 0 saturated heterocycles. The summed E-state index contributed by atoms with van der Waals surface area (Å²) in [5, 5.41) is 17.6. The van der Waals surface area contributed by atoms with Gasteiger partial charge in [0.15, 0.2) is 0 Å². The van der Waals surface area contributed by atoms with Crippen molar-refractivity contribution in [3.63, 3.8) is 0 Å². The zero-order valence-electron chi connectivity index (χ0n) is 9.58. The highest BCUT2D eigenvalue weighted by molar-refractivity contribution is 5.28. The van der Waals surface area contributed by atoms with Crippen molar-refractivity contribution in [2.24, 2.45) is 0 Å². The van der Waals surface area contributed by atoms with Gasteiger partial charge in [0.2, 0.25) is 0 Å². The maximum Gasteiger partial charge on any atom is 0.115 e. The first-order valence-corrected chi connectivity index (χ1v) is 5.35. The van der Waals surface area contributed by atoms with Gasteiger partial charge in [-0.15, -0.1) is 6.58 Å². The molecule has 0 unspecified atom stereocenters. The standard InChI is InChI=1S/C9H10O.C6H6O/c1-2-4-8-5-3-6-9(10)7-8;7-6-4-2-1-3-5-6/h2-3,5-7,10H,1,4H2;1-5,7H. The fourth-order valence-corrected chi connectivity index (χ4v) is 1.28. The summed E-state index contributed by atoms with van der Waals surface area (Å²) < 4.78 is 0. The number of benzene rings is 2. The third-order valence-corrected chi connectivity index (χ3v) is 2.05. The lowest BCUT2D eigenvalue weighted by molar-refractivity contribution is 0.474. The van der Waals surface area contributed by atoms with Crippen molar-refractivity contribution in [2.75, 3.05) is 0 Å². The predicted octanol–water partition coefficient (Wildman–Crippen LogP) is 3.51. The van der Waals surface area contributed by atoms with Gasteiger partial charge in [0.1, 0.15) is 11.5 Å². The van der Waals surface area contributed by atoms with E-state index in [-0.39, 0.29) is 0 Å². The smallest absolute Gasteiger partial charge is 0.115 e. The van der Waals surface area contributed by atoms with Crippen LogP contribution in [0.2, 0.25) is 0 Å². The van der Waals surface area contributed by atoms with Crippen LogP contribution in [0.1, 0.15) is 5.56 Å². The van der Waals surface area contributed by atoms with Crippen LogP contribution in [-0.2, 0) is 6.42 Å². The van der Waals surface area contributed by atoms with Crippen LogP contribution in [0.3, 0.4) is 0 Å². The summed E-state index contributed by atoms with van der Waals surface area (Å²) in [6.45, 7) is 3.60. The van der Waals surface area contributed by atoms with Gasteiger partial charge >= 0.3 is 0 Å². The lowest BCUT2D eigenvalue weighted by atomic mass is 10.1. The zero-order valence-corrected chi connectivity index (χ0v) is 9.58. The molecule has 88 valence electrons. The normalized spacial score (nSPS) is 8.94. The summed E-state index contributed by atoms with van der Waals surface area (Å²) in [6.07, 6.45) is 2.63. The summed E-state index contributed by atoms with van der Waals surface area (Å²) in [6, 6.07) is 15.9. The van der Waals surface area contributed by atoms with Crippen molar-refractivity contribution in [1.82, 2.24) is 0 Å². The first-order valence-electron chi connectivity index (χ1n) is 5.35. The number of aromatic hydroxyl groups is 2. The highest BCUT2D eigenvalue weighted by Crippen LogP contribution is 2.10. The fraction of sp³-hybridized carbons (Fsp3) is 0.0667. The second-order valence-corrected chi connectivity index (χ2v) is 3.50. The van der Waals surface area contributed by atoms with Gasteiger partial charge in [0.05, 0.1) is 0 Å². The number of allylic oxidation sites excluding steroid dienone is 1. The Labute approximate surface area is 101 Å². The van der Waals surface area contributed by atoms with E-state index in [1.165, 1.54) is 0 Å². The molecule has 0 aliphatic rings. The Morgan fingerprint density at radius 3 is 2.00 bits per heavy atom. The second kappa shape index (κ2) is 7.12. The quantitative estimate of drug-likeness (QED) is 0.772. The number of phenols is 2. The minimum absolute atomic E-state index is 0.319. The van der Waals surface area contributed by atoms with Gasteiger partial charge in [-0.2, -0.15) is 0 Å². The monoisotopic (exact) mass is 228 g/mol. The maximum atomic E-state index is 9.01. The average Bonchev–Trinajstić information content (AvgIpc) is 2.31. The van der Waals surface area contributed by atoms with Crippen molar-refractivity contribution >= 4 is 0 Å². The van der Waals surface area contributed by atoms with Crippen LogP contribution in [0.15, 0.2) is 67.3 Å². The van der Waals surface area contributed by atoms with E-state index in [1.54, 1.807) is 36.4 Å². The summed E-state index contributed by atoms with van der Waals surface area (Å²) in [4.78, 5) is 0. The minimum atomic E-state index is 0.319. The van der Waals surface area contributed by atoms with Crippen molar-refractivity contribution in [3.05, 3.63) is 72.8 Å². The number of phenolic OH excluding ortho intramolecular Hbond substituents is 2. The van der Waals surface area contributed by atoms with Gasteiger partial charge in [-0.25, -0.2) is 0 Å². The highest BCUT2D eigenvalue weighted by Gasteiger charge is 1.89. The van der Waals surface area contributed by atoms with Gasteiger partial charge in [-0.1, -0.05) is 36.4 Å². The second-order valence-electron chi connectivity index (χ2n) is 3.50. The zero-order chi connectivity index (χ0) is 12.5. The van der Waals surface area contributed by atoms with Crippen LogP contribution >= 0.6 is 0 Å². The van der Waals surface area contributed by atoms with Crippen molar-refractivity contribution < 1.29 is 10.2 Å². The third kappa shape index (κ3) is 5.42. The molecule has 2 N–H and O–H groups in total. The Morgan fingerprint density at radius 1 is 0.882 bits per heavy atom. The average molecular weight is 228 g/mol. The fourth-order valence-electron chi connectivity index (χ4n) is 1.28. The van der Waals surface area contributed by atoms with Crippen LogP contribution in [0.25, 0.3) is 0 Å². The topological polar surface area (TPSA) is 40.5 Å². The molecule has 2 aromatic rings. The predicted molar refractivity (Wildman–Crippen MR) is 70.1 cm³/mol. The Hall–Kier alpha value is -2.22. The lowest BCUT2D eigenvalue weighted by Crippen LogP contribution is -1.77. The molecule has 2 aromatic carbocycles. The SMILES string of the molecule is C=CCc1cccc(O)c1.Oc1ccccc1. The van der Waals surface area contributed by atoms with Gasteiger partial charge in [0.25, 0.3) is 0 Å². The molecule has 0 amide bonds. The molecular formula is C15H16O2. The Kier molecular flexibility index (Phi) is 5.38. The molecule has 2 heteroatoms. The van der Waals surface area contributed by atoms with Crippen molar-refractivity contribution in [2.45, 2.75) is 6.42 Å². The van der Waals surface area contributed by atoms with Crippen molar-refractivity contribution in [3.8, 4) is 11.5 Å². The first kappa shape index (κ1) is 12.8. The molecule has 0 fully saturated rings. The number of hydrogen-bond acceptors (Lipinski definition) is 2. The van der Waals surface area contributed by atoms with Gasteiger partial charge in [0, 0.05) is 0 Å². The molecule has 2 nitrogen and oxygen atoms in total. The van der Waals surface area contributed by atoms with E-state index in [0.717, 1.165) is 12.0 Å². The molecule has 0 spiro atoms. The third-order valence-electron chi connectivity index (χ3n) is 2.05. The molecule has 0 radical (unpaired) electrons. The first-order chi connectivity index (χ1) is 8.22. The number of para-hydroxylation sites is 1. The molecule has 17 heavy (non-hydrogen) atoms. The van der Waals surface area contributed by atoms with Crippen LogP contribution in [-0.4, -0.2) is 10.2 Å². The van der Waals surface area contributed by atoms with E-state index >= 15 is 0 Å². The van der Waals surface area contributed by atoms with Crippen molar-refractivity contribution in [1.29, 1.82) is 0 Å². The molecule has 0 heterocycles. The molecule has 0 aromatic heterocycles. The van der Waals surface area contributed by atoms with Crippen LogP contribution < -0.4 is 0 Å². The number of rotatable bonds is 2. The molecule has 0 bridgehead atoms. The maximum absolute atomic E-state index is 9.01. The largest absolute Gasteiger partial charge is 0.508 e. The van der Waals surface area contributed by atoms with E-state index < -0.39 is 0 Å². The van der Waals surface area contributed by atoms with Crippen LogP contribution in [0.5, 0.6) is 11.5 Å². The number of hydrogen-bond donors (Lipinski definition) is 2. The van der Waals surface area contributed by atoms with E-state index in [4.69, 9.17) is 10.2 Å². The molecule has 0 aliphatic heterocycles. The van der Waals surface area contributed by atoms with Gasteiger partial charge < -0.3 is 10.2 Å². The van der Waals surface area contributed by atoms with Gasteiger partial charge in [-0.3, -0.25) is 0 Å². The van der Waals surface area contributed by atoms with E-state index in [0.29, 0.717) is 11.5 Å². The lowest BCUT2D eigenvalue weighted by Gasteiger charge is -1.95. The highest BCUT2D eigenvalue weighted by atomic mass is 16.3. The van der Waals surface area contributed by atoms with E-state index in [1.807, 2.05) is 24.3 Å². The van der Waals surface area contributed by atoms with E-state index in [2.05, 4.69) is 6.58 Å². The molecular weight excluding hydrogens is 212 g/mol. The van der Waals surface area contributed by atoms with Gasteiger partial charge in [-0.05, 0) is 36.2 Å². The van der Waals surface area contributed by atoms with E-state index in [9.17, 15) is 0 Å². The summed E-state index contributed by atoms with van der Waals surface area (Å²) >= 11 is 0. The molecule has 0 atom stereocenters. The van der Waals surface area contributed by atoms with Crippen LogP contribution in [0.4, 0.5) is 0 Å². The van der Waals surface area contributed by atoms with Crippen LogP contribution in [0, 0.1) is 0 Å². The molecule has 0 saturated carbocycles. The molecule has 0 aliphatic carbocycles. The summed E-state index contributed by atoms with van der Waals surface area (Å²) in [5.41, 5.74) is 1.09. The Morgan fingerprint density at radius 2 is 1.53 bits per heavy atom. The summed E-state index contributed by atoms with van der Waals surface area (Å²) in [7, 11) is 0. The Balaban J connectivity index is 0.000000181. The Bertz CT molecular complexity index is 449.